The van der Waals surface area contributed by atoms with Crippen molar-refractivity contribution in [1.29, 1.82) is 0 Å². The number of rotatable bonds is 6. The first-order valence-corrected chi connectivity index (χ1v) is 9.95. The van der Waals surface area contributed by atoms with E-state index in [9.17, 15) is 4.79 Å². The van der Waals surface area contributed by atoms with E-state index in [1.807, 2.05) is 23.9 Å². The average Bonchev–Trinajstić information content (AvgIpc) is 3.09. The Labute approximate surface area is 156 Å². The fraction of sp³-hybridized carbons (Fsp3) is 0.632. The number of thioether (sulfide) groups is 1. The van der Waals surface area contributed by atoms with Gasteiger partial charge in [-0.05, 0) is 75.4 Å². The third-order valence-corrected chi connectivity index (χ3v) is 6.33. The van der Waals surface area contributed by atoms with Gasteiger partial charge in [0.1, 0.15) is 0 Å². The first kappa shape index (κ1) is 19.6. The summed E-state index contributed by atoms with van der Waals surface area (Å²) >= 11 is 1.99. The highest BCUT2D eigenvalue weighted by atomic mass is 35.5. The quantitative estimate of drug-likeness (QED) is 0.753. The Hall–Kier alpha value is -0.710. The molecule has 1 aliphatic carbocycles. The minimum Gasteiger partial charge on any atom is -0.326 e. The minimum atomic E-state index is 0. The van der Waals surface area contributed by atoms with E-state index in [4.69, 9.17) is 0 Å². The van der Waals surface area contributed by atoms with Gasteiger partial charge in [0.05, 0.1) is 0 Å². The Balaban J connectivity index is 0.00000208. The van der Waals surface area contributed by atoms with Gasteiger partial charge < -0.3 is 10.6 Å². The second-order valence-corrected chi connectivity index (χ2v) is 8.20. The summed E-state index contributed by atoms with van der Waals surface area (Å²) in [4.78, 5) is 13.4. The van der Waals surface area contributed by atoms with Gasteiger partial charge >= 0.3 is 0 Å². The number of piperidine rings is 1. The van der Waals surface area contributed by atoms with Crippen LogP contribution in [0.1, 0.15) is 51.4 Å². The number of anilines is 1. The summed E-state index contributed by atoms with van der Waals surface area (Å²) in [5, 5.41) is 7.20. The maximum absolute atomic E-state index is 12.1. The molecule has 0 bridgehead atoms. The van der Waals surface area contributed by atoms with Crippen molar-refractivity contribution in [1.82, 2.24) is 5.32 Å². The van der Waals surface area contributed by atoms with Crippen LogP contribution in [-0.4, -0.2) is 24.2 Å². The van der Waals surface area contributed by atoms with Crippen LogP contribution in [0.4, 0.5) is 5.69 Å². The van der Waals surface area contributed by atoms with E-state index in [0.717, 1.165) is 30.4 Å². The Morgan fingerprint density at radius 2 is 1.75 bits per heavy atom. The molecule has 3 nitrogen and oxygen atoms in total. The molecular weight excluding hydrogens is 340 g/mol. The van der Waals surface area contributed by atoms with Crippen LogP contribution in [0, 0.1) is 5.92 Å². The topological polar surface area (TPSA) is 41.1 Å². The number of carbonyl (C=O) groups excluding carboxylic acids is 1. The van der Waals surface area contributed by atoms with Crippen molar-refractivity contribution in [3.8, 4) is 0 Å². The Morgan fingerprint density at radius 3 is 2.42 bits per heavy atom. The molecule has 2 fully saturated rings. The van der Waals surface area contributed by atoms with Gasteiger partial charge in [-0.25, -0.2) is 0 Å². The molecule has 134 valence electrons. The minimum absolute atomic E-state index is 0. The third kappa shape index (κ3) is 6.30. The molecule has 5 heteroatoms. The van der Waals surface area contributed by atoms with Gasteiger partial charge in [0, 0.05) is 22.3 Å². The molecule has 2 N–H and O–H groups in total. The summed E-state index contributed by atoms with van der Waals surface area (Å²) < 4.78 is 0. The number of benzene rings is 1. The normalized spacial score (nSPS) is 19.0. The molecule has 0 unspecified atom stereocenters. The highest BCUT2D eigenvalue weighted by molar-refractivity contribution is 8.00. The standard InChI is InChI=1S/C19H28N2OS.ClH/c22-19(10-5-15-11-13-20-14-12-15)21-16-6-8-18(9-7-16)23-17-3-1-2-4-17;/h6-9,15,17,20H,1-5,10-14H2,(H,21,22);1H. The summed E-state index contributed by atoms with van der Waals surface area (Å²) in [6.07, 6.45) is 9.53. The van der Waals surface area contributed by atoms with Crippen LogP contribution in [-0.2, 0) is 4.79 Å². The molecule has 1 aliphatic heterocycles. The Kier molecular flexibility index (Phi) is 8.43. The molecule has 0 aromatic heterocycles. The lowest BCUT2D eigenvalue weighted by Crippen LogP contribution is -2.28. The maximum Gasteiger partial charge on any atom is 0.224 e. The van der Waals surface area contributed by atoms with Crippen LogP contribution in [0.25, 0.3) is 0 Å². The van der Waals surface area contributed by atoms with Crippen molar-refractivity contribution in [3.05, 3.63) is 24.3 Å². The molecular formula is C19H29ClN2OS. The number of hydrogen-bond donors (Lipinski definition) is 2. The summed E-state index contributed by atoms with van der Waals surface area (Å²) in [5.74, 6) is 0.868. The highest BCUT2D eigenvalue weighted by Gasteiger charge is 2.16. The van der Waals surface area contributed by atoms with E-state index in [1.165, 1.54) is 43.4 Å². The smallest absolute Gasteiger partial charge is 0.224 e. The van der Waals surface area contributed by atoms with Gasteiger partial charge in [-0.2, -0.15) is 0 Å². The third-order valence-electron chi connectivity index (χ3n) is 4.98. The molecule has 1 amide bonds. The molecule has 0 radical (unpaired) electrons. The lowest BCUT2D eigenvalue weighted by Gasteiger charge is -2.22. The van der Waals surface area contributed by atoms with Crippen LogP contribution in [0.3, 0.4) is 0 Å². The predicted octanol–water partition coefficient (Wildman–Crippen LogP) is 4.86. The SMILES string of the molecule is Cl.O=C(CCC1CCNCC1)Nc1ccc(SC2CCCC2)cc1. The Bertz CT molecular complexity index is 497. The van der Waals surface area contributed by atoms with Crippen molar-refractivity contribution in [2.24, 2.45) is 5.92 Å². The Morgan fingerprint density at radius 1 is 1.08 bits per heavy atom. The lowest BCUT2D eigenvalue weighted by molar-refractivity contribution is -0.116. The number of hydrogen-bond acceptors (Lipinski definition) is 3. The van der Waals surface area contributed by atoms with Crippen molar-refractivity contribution < 1.29 is 4.79 Å². The van der Waals surface area contributed by atoms with Gasteiger partial charge in [0.2, 0.25) is 5.91 Å². The first-order valence-electron chi connectivity index (χ1n) is 9.07. The molecule has 3 rings (SSSR count). The van der Waals surface area contributed by atoms with Gasteiger partial charge in [-0.3, -0.25) is 4.79 Å². The zero-order valence-electron chi connectivity index (χ0n) is 14.3. The van der Waals surface area contributed by atoms with Gasteiger partial charge in [0.15, 0.2) is 0 Å². The number of halogens is 1. The molecule has 1 saturated heterocycles. The van der Waals surface area contributed by atoms with E-state index in [1.54, 1.807) is 0 Å². The maximum atomic E-state index is 12.1. The zero-order valence-corrected chi connectivity index (χ0v) is 15.9. The number of nitrogens with one attached hydrogen (secondary N) is 2. The van der Waals surface area contributed by atoms with E-state index < -0.39 is 0 Å². The largest absolute Gasteiger partial charge is 0.326 e. The van der Waals surface area contributed by atoms with Crippen LogP contribution < -0.4 is 10.6 Å². The summed E-state index contributed by atoms with van der Waals surface area (Å²) in [6.45, 7) is 2.21. The van der Waals surface area contributed by atoms with Crippen LogP contribution >= 0.6 is 24.2 Å². The molecule has 0 spiro atoms. The second-order valence-electron chi connectivity index (χ2n) is 6.83. The summed E-state index contributed by atoms with van der Waals surface area (Å²) in [6, 6.07) is 8.37. The molecule has 24 heavy (non-hydrogen) atoms. The molecule has 1 aromatic carbocycles. The van der Waals surface area contributed by atoms with Crippen LogP contribution in [0.2, 0.25) is 0 Å². The van der Waals surface area contributed by atoms with E-state index in [2.05, 4.69) is 22.8 Å². The van der Waals surface area contributed by atoms with E-state index in [0.29, 0.717) is 12.3 Å². The van der Waals surface area contributed by atoms with Gasteiger partial charge in [-0.1, -0.05) is 12.8 Å². The van der Waals surface area contributed by atoms with Crippen molar-refractivity contribution >= 4 is 35.8 Å². The molecule has 1 aromatic rings. The van der Waals surface area contributed by atoms with Gasteiger partial charge in [-0.15, -0.1) is 24.2 Å². The van der Waals surface area contributed by atoms with Gasteiger partial charge in [0.25, 0.3) is 0 Å². The molecule has 1 heterocycles. The second kappa shape index (κ2) is 10.3. The average molecular weight is 369 g/mol. The predicted molar refractivity (Wildman–Crippen MR) is 105 cm³/mol. The fourth-order valence-corrected chi connectivity index (χ4v) is 4.79. The fourth-order valence-electron chi connectivity index (χ4n) is 3.54. The number of amides is 1. The van der Waals surface area contributed by atoms with E-state index >= 15 is 0 Å². The summed E-state index contributed by atoms with van der Waals surface area (Å²) in [7, 11) is 0. The summed E-state index contributed by atoms with van der Waals surface area (Å²) in [5.41, 5.74) is 0.927. The molecule has 0 atom stereocenters. The monoisotopic (exact) mass is 368 g/mol. The number of carbonyl (C=O) groups is 1. The van der Waals surface area contributed by atoms with Crippen molar-refractivity contribution in [3.63, 3.8) is 0 Å². The first-order chi connectivity index (χ1) is 11.3. The highest BCUT2D eigenvalue weighted by Crippen LogP contribution is 2.34. The van der Waals surface area contributed by atoms with Crippen LogP contribution in [0.15, 0.2) is 29.2 Å². The molecule has 2 aliphatic rings. The molecule has 1 saturated carbocycles. The van der Waals surface area contributed by atoms with Crippen molar-refractivity contribution in [2.45, 2.75) is 61.5 Å². The van der Waals surface area contributed by atoms with Crippen molar-refractivity contribution in [2.75, 3.05) is 18.4 Å². The van der Waals surface area contributed by atoms with Crippen LogP contribution in [0.5, 0.6) is 0 Å². The zero-order chi connectivity index (χ0) is 15.9. The van der Waals surface area contributed by atoms with E-state index in [-0.39, 0.29) is 18.3 Å². The lowest BCUT2D eigenvalue weighted by atomic mass is 9.93.